The molecule has 3 rings (SSSR count). The maximum atomic E-state index is 11.5. The van der Waals surface area contributed by atoms with Crippen LogP contribution in [0.5, 0.6) is 11.5 Å². The quantitative estimate of drug-likeness (QED) is 0.311. The molecule has 2 aromatic rings. The molecule has 0 spiro atoms. The molecule has 0 bridgehead atoms. The third-order valence-electron chi connectivity index (χ3n) is 5.81. The second-order valence-corrected chi connectivity index (χ2v) is 10.9. The Morgan fingerprint density at radius 1 is 1.36 bits per heavy atom. The van der Waals surface area contributed by atoms with E-state index in [9.17, 15) is 10.1 Å². The van der Waals surface area contributed by atoms with E-state index in [2.05, 4.69) is 52.5 Å². The molecular weight excluding hydrogens is 504 g/mol. The van der Waals surface area contributed by atoms with Crippen molar-refractivity contribution in [2.45, 2.75) is 47.0 Å². The van der Waals surface area contributed by atoms with Crippen LogP contribution in [0.1, 0.15) is 55.7 Å². The van der Waals surface area contributed by atoms with Crippen LogP contribution in [0.25, 0.3) is 0 Å². The maximum Gasteiger partial charge on any atom is 0.343 e. The number of rotatable bonds is 7. The molecule has 0 saturated carbocycles. The van der Waals surface area contributed by atoms with Crippen LogP contribution in [0.3, 0.4) is 0 Å². The van der Waals surface area contributed by atoms with Crippen molar-refractivity contribution in [1.29, 1.82) is 5.26 Å². The van der Waals surface area contributed by atoms with Crippen molar-refractivity contribution in [2.75, 3.05) is 20.3 Å². The van der Waals surface area contributed by atoms with Crippen molar-refractivity contribution in [3.05, 3.63) is 38.2 Å². The third kappa shape index (κ3) is 5.96. The number of esters is 1. The van der Waals surface area contributed by atoms with Gasteiger partial charge >= 0.3 is 5.97 Å². The second-order valence-electron chi connectivity index (χ2n) is 8.99. The van der Waals surface area contributed by atoms with E-state index in [1.54, 1.807) is 23.6 Å². The topological polar surface area (TPSA) is 80.9 Å². The van der Waals surface area contributed by atoms with Crippen molar-refractivity contribution in [1.82, 2.24) is 0 Å². The Hall–Kier alpha value is -2.37. The summed E-state index contributed by atoms with van der Waals surface area (Å²) in [5.74, 6) is 1.05. The molecule has 6 nitrogen and oxygen atoms in total. The van der Waals surface area contributed by atoms with Crippen molar-refractivity contribution in [2.24, 2.45) is 16.3 Å². The van der Waals surface area contributed by atoms with E-state index in [0.29, 0.717) is 34.1 Å². The SMILES string of the molecule is CCOc1cc(C=Nc2sc3c(c2C#N)CC[C@@H](C(C)(C)C)C3)cc(Br)c1OCC(=O)OC. The molecule has 8 heteroatoms. The number of hydrogen-bond donors (Lipinski definition) is 0. The van der Waals surface area contributed by atoms with Crippen LogP contribution >= 0.6 is 27.3 Å². The minimum absolute atomic E-state index is 0.218. The fourth-order valence-corrected chi connectivity index (χ4v) is 5.70. The van der Waals surface area contributed by atoms with Crippen LogP contribution in [0.15, 0.2) is 21.6 Å². The molecule has 0 unspecified atom stereocenters. The average molecular weight is 533 g/mol. The van der Waals surface area contributed by atoms with E-state index >= 15 is 0 Å². The molecule has 0 fully saturated rings. The molecular formula is C25H29BrN2O4S. The number of nitriles is 1. The maximum absolute atomic E-state index is 11.5. The first-order chi connectivity index (χ1) is 15.7. The number of carbonyl (C=O) groups is 1. The normalized spacial score (nSPS) is 15.7. The van der Waals surface area contributed by atoms with Crippen LogP contribution in [0.2, 0.25) is 0 Å². The van der Waals surface area contributed by atoms with Crippen molar-refractivity contribution >= 4 is 44.5 Å². The number of methoxy groups -OCH3 is 1. The molecule has 1 aromatic heterocycles. The lowest BCUT2D eigenvalue weighted by atomic mass is 9.72. The lowest BCUT2D eigenvalue weighted by Crippen LogP contribution is -2.26. The summed E-state index contributed by atoms with van der Waals surface area (Å²) in [5, 5.41) is 10.6. The first-order valence-electron chi connectivity index (χ1n) is 10.9. The Balaban J connectivity index is 1.88. The first kappa shape index (κ1) is 25.3. The standard InChI is InChI=1S/C25H29BrN2O4S/c1-6-31-20-10-15(9-19(26)23(20)32-14-22(29)30-5)13-28-24-18(12-27)17-8-7-16(25(2,3)4)11-21(17)33-24/h9-10,13,16H,6-8,11,14H2,1-5H3/t16-/m1/s1. The number of thiophene rings is 1. The summed E-state index contributed by atoms with van der Waals surface area (Å²) in [6, 6.07) is 6.02. The van der Waals surface area contributed by atoms with E-state index in [-0.39, 0.29) is 12.0 Å². The highest BCUT2D eigenvalue weighted by molar-refractivity contribution is 9.10. The lowest BCUT2D eigenvalue weighted by Gasteiger charge is -2.33. The van der Waals surface area contributed by atoms with Crippen LogP contribution in [-0.4, -0.2) is 32.5 Å². The number of ether oxygens (including phenoxy) is 3. The van der Waals surface area contributed by atoms with Gasteiger partial charge in [-0.3, -0.25) is 0 Å². The highest BCUT2D eigenvalue weighted by atomic mass is 79.9. The Morgan fingerprint density at radius 3 is 2.76 bits per heavy atom. The van der Waals surface area contributed by atoms with Gasteiger partial charge in [-0.15, -0.1) is 11.3 Å². The van der Waals surface area contributed by atoms with Gasteiger partial charge in [-0.1, -0.05) is 20.8 Å². The summed E-state index contributed by atoms with van der Waals surface area (Å²) in [6.45, 7) is 8.95. The van der Waals surface area contributed by atoms with Gasteiger partial charge in [-0.05, 0) is 76.7 Å². The smallest absolute Gasteiger partial charge is 0.343 e. The summed E-state index contributed by atoms with van der Waals surface area (Å²) in [5.41, 5.74) is 2.90. The highest BCUT2D eigenvalue weighted by Gasteiger charge is 2.32. The first-order valence-corrected chi connectivity index (χ1v) is 12.5. The Morgan fingerprint density at radius 2 is 2.12 bits per heavy atom. The molecule has 1 aliphatic carbocycles. The van der Waals surface area contributed by atoms with Gasteiger partial charge < -0.3 is 14.2 Å². The monoisotopic (exact) mass is 532 g/mol. The average Bonchev–Trinajstić information content (AvgIpc) is 3.13. The van der Waals surface area contributed by atoms with E-state index in [0.717, 1.165) is 35.4 Å². The van der Waals surface area contributed by atoms with Gasteiger partial charge in [0.1, 0.15) is 11.1 Å². The highest BCUT2D eigenvalue weighted by Crippen LogP contribution is 2.45. The van der Waals surface area contributed by atoms with E-state index in [1.807, 2.05) is 13.0 Å². The van der Waals surface area contributed by atoms with Crippen molar-refractivity contribution in [3.8, 4) is 17.6 Å². The third-order valence-corrected chi connectivity index (χ3v) is 7.56. The number of nitrogens with zero attached hydrogens (tertiary/aromatic N) is 2. The Kier molecular flexibility index (Phi) is 8.19. The van der Waals surface area contributed by atoms with Crippen LogP contribution in [0.4, 0.5) is 5.00 Å². The van der Waals surface area contributed by atoms with Gasteiger partial charge in [0.15, 0.2) is 18.1 Å². The number of benzene rings is 1. The molecule has 1 aliphatic rings. The number of aliphatic imine (C=N–C) groups is 1. The molecule has 0 amide bonds. The van der Waals surface area contributed by atoms with Gasteiger partial charge in [0.2, 0.25) is 0 Å². The van der Waals surface area contributed by atoms with Crippen molar-refractivity contribution in [3.63, 3.8) is 0 Å². The molecule has 0 aliphatic heterocycles. The summed E-state index contributed by atoms with van der Waals surface area (Å²) in [7, 11) is 1.31. The molecule has 33 heavy (non-hydrogen) atoms. The second kappa shape index (κ2) is 10.7. The summed E-state index contributed by atoms with van der Waals surface area (Å²) >= 11 is 5.12. The van der Waals surface area contributed by atoms with Gasteiger partial charge in [-0.25, -0.2) is 9.79 Å². The lowest BCUT2D eigenvalue weighted by molar-refractivity contribution is -0.142. The largest absolute Gasteiger partial charge is 0.490 e. The molecule has 0 N–H and O–H groups in total. The predicted molar refractivity (Wildman–Crippen MR) is 134 cm³/mol. The van der Waals surface area contributed by atoms with Crippen LogP contribution in [-0.2, 0) is 22.4 Å². The van der Waals surface area contributed by atoms with Gasteiger partial charge in [0, 0.05) is 11.1 Å². The van der Waals surface area contributed by atoms with Crippen LogP contribution in [0, 0.1) is 22.7 Å². The predicted octanol–water partition coefficient (Wildman–Crippen LogP) is 6.23. The minimum Gasteiger partial charge on any atom is -0.490 e. The molecule has 0 saturated heterocycles. The summed E-state index contributed by atoms with van der Waals surface area (Å²) in [4.78, 5) is 17.4. The van der Waals surface area contributed by atoms with E-state index < -0.39 is 5.97 Å². The Bertz CT molecular complexity index is 1100. The molecule has 176 valence electrons. The molecule has 0 radical (unpaired) electrons. The Labute approximate surface area is 207 Å². The zero-order chi connectivity index (χ0) is 24.2. The minimum atomic E-state index is -0.477. The van der Waals surface area contributed by atoms with Gasteiger partial charge in [-0.2, -0.15) is 5.26 Å². The number of halogens is 1. The summed E-state index contributed by atoms with van der Waals surface area (Å²) < 4.78 is 16.6. The number of fused-ring (bicyclic) bond motifs is 1. The summed E-state index contributed by atoms with van der Waals surface area (Å²) in [6.07, 6.45) is 4.76. The zero-order valence-electron chi connectivity index (χ0n) is 19.7. The number of hydrogen-bond acceptors (Lipinski definition) is 7. The fraction of sp³-hybridized carbons (Fsp3) is 0.480. The fourth-order valence-electron chi connectivity index (χ4n) is 3.91. The molecule has 1 heterocycles. The van der Waals surface area contributed by atoms with Gasteiger partial charge in [0.05, 0.1) is 23.8 Å². The number of carbonyl (C=O) groups excluding carboxylic acids is 1. The van der Waals surface area contributed by atoms with E-state index in [4.69, 9.17) is 9.47 Å². The zero-order valence-corrected chi connectivity index (χ0v) is 22.1. The van der Waals surface area contributed by atoms with E-state index in [1.165, 1.54) is 12.0 Å². The van der Waals surface area contributed by atoms with Crippen molar-refractivity contribution < 1.29 is 19.0 Å². The molecule has 1 aromatic carbocycles. The van der Waals surface area contributed by atoms with Crippen LogP contribution < -0.4 is 9.47 Å². The van der Waals surface area contributed by atoms with Gasteiger partial charge in [0.25, 0.3) is 0 Å². The molecule has 1 atom stereocenters.